The van der Waals surface area contributed by atoms with E-state index >= 15 is 0 Å². The van der Waals surface area contributed by atoms with Gasteiger partial charge in [-0.05, 0) is 75.3 Å². The molecule has 1 saturated heterocycles. The first-order chi connectivity index (χ1) is 13.7. The Morgan fingerprint density at radius 3 is 2.31 bits per heavy atom. The molecule has 4 saturated carbocycles. The third-order valence-corrected chi connectivity index (χ3v) is 7.99. The quantitative estimate of drug-likeness (QED) is 0.750. The van der Waals surface area contributed by atoms with Crippen LogP contribution in [0.4, 0.5) is 9.18 Å². The third kappa shape index (κ3) is 2.82. The van der Waals surface area contributed by atoms with Gasteiger partial charge in [-0.2, -0.15) is 0 Å². The number of hydrogen-bond donors (Lipinski definition) is 1. The Labute approximate surface area is 174 Å². The number of amides is 3. The van der Waals surface area contributed by atoms with Crippen LogP contribution in [0.1, 0.15) is 51.0 Å². The van der Waals surface area contributed by atoms with Gasteiger partial charge in [0.15, 0.2) is 5.78 Å². The zero-order valence-corrected chi connectivity index (χ0v) is 17.1. The first-order valence-corrected chi connectivity index (χ1v) is 10.7. The van der Waals surface area contributed by atoms with Gasteiger partial charge in [-0.15, -0.1) is 0 Å². The van der Waals surface area contributed by atoms with Crippen molar-refractivity contribution in [2.45, 2.75) is 51.0 Å². The van der Waals surface area contributed by atoms with Gasteiger partial charge in [0, 0.05) is 16.0 Å². The normalized spacial score (nSPS) is 37.9. The molecule has 7 heteroatoms. The number of Topliss-reactive ketones (excluding diaryl/α,β-unsaturated/α-hetero) is 1. The van der Waals surface area contributed by atoms with E-state index in [1.54, 1.807) is 6.92 Å². The van der Waals surface area contributed by atoms with Crippen LogP contribution in [-0.4, -0.2) is 29.2 Å². The summed E-state index contributed by atoms with van der Waals surface area (Å²) < 4.78 is 13.4. The number of benzene rings is 1. The molecule has 6 rings (SSSR count). The van der Waals surface area contributed by atoms with Crippen molar-refractivity contribution in [2.24, 2.45) is 23.2 Å². The van der Waals surface area contributed by atoms with Crippen molar-refractivity contribution in [3.63, 3.8) is 0 Å². The van der Waals surface area contributed by atoms with Gasteiger partial charge in [0.1, 0.15) is 11.4 Å². The fourth-order valence-electron chi connectivity index (χ4n) is 6.68. The summed E-state index contributed by atoms with van der Waals surface area (Å²) in [7, 11) is 0. The van der Waals surface area contributed by atoms with Crippen molar-refractivity contribution in [3.05, 3.63) is 34.6 Å². The highest BCUT2D eigenvalue weighted by atomic mass is 35.5. The Balaban J connectivity index is 1.39. The van der Waals surface area contributed by atoms with Crippen LogP contribution >= 0.6 is 11.6 Å². The Hall–Kier alpha value is -1.95. The highest BCUT2D eigenvalue weighted by molar-refractivity contribution is 6.32. The standard InChI is InChI=1S/C22H24ClFN2O3/c1-21(16-3-2-15(24)7-17(16)23)19(28)26(20(29)25-21)11-18(27)22-8-12-4-13(9-22)6-14(5-12)10-22/h2-3,7,12-14H,4-6,8-11H2,1H3,(H,25,29). The Morgan fingerprint density at radius 1 is 1.17 bits per heavy atom. The van der Waals surface area contributed by atoms with Crippen molar-refractivity contribution < 1.29 is 18.8 Å². The first-order valence-electron chi connectivity index (χ1n) is 10.3. The molecular weight excluding hydrogens is 395 g/mol. The molecule has 1 heterocycles. The van der Waals surface area contributed by atoms with E-state index in [1.807, 2.05) is 0 Å². The average Bonchev–Trinajstić information content (AvgIpc) is 2.84. The largest absolute Gasteiger partial charge is 0.325 e. The van der Waals surface area contributed by atoms with Gasteiger partial charge in [-0.3, -0.25) is 14.5 Å². The van der Waals surface area contributed by atoms with E-state index in [0.29, 0.717) is 23.3 Å². The molecule has 0 aromatic heterocycles. The summed E-state index contributed by atoms with van der Waals surface area (Å²) >= 11 is 6.15. The van der Waals surface area contributed by atoms with Crippen LogP contribution in [0.2, 0.25) is 5.02 Å². The van der Waals surface area contributed by atoms with Crippen molar-refractivity contribution in [1.82, 2.24) is 10.2 Å². The lowest BCUT2D eigenvalue weighted by Crippen LogP contribution is -2.53. The number of nitrogens with one attached hydrogen (secondary N) is 1. The molecule has 1 aromatic rings. The van der Waals surface area contributed by atoms with Crippen LogP contribution < -0.4 is 5.32 Å². The number of carbonyl (C=O) groups is 3. The van der Waals surface area contributed by atoms with Gasteiger partial charge in [0.25, 0.3) is 5.91 Å². The molecule has 0 radical (unpaired) electrons. The Kier molecular flexibility index (Phi) is 4.12. The van der Waals surface area contributed by atoms with Crippen molar-refractivity contribution in [1.29, 1.82) is 0 Å². The lowest BCUT2D eigenvalue weighted by Gasteiger charge is -2.56. The second kappa shape index (κ2) is 6.27. The Morgan fingerprint density at radius 2 is 1.76 bits per heavy atom. The predicted molar refractivity (Wildman–Crippen MR) is 105 cm³/mol. The number of hydrogen-bond acceptors (Lipinski definition) is 3. The highest BCUT2D eigenvalue weighted by Crippen LogP contribution is 2.60. The van der Waals surface area contributed by atoms with Crippen LogP contribution in [0, 0.1) is 29.0 Å². The monoisotopic (exact) mass is 418 g/mol. The van der Waals surface area contributed by atoms with Gasteiger partial charge in [0.2, 0.25) is 0 Å². The van der Waals surface area contributed by atoms with Crippen LogP contribution in [0.3, 0.4) is 0 Å². The number of imide groups is 1. The molecular formula is C22H24ClFN2O3. The summed E-state index contributed by atoms with van der Waals surface area (Å²) in [5.41, 5.74) is -1.46. The van der Waals surface area contributed by atoms with Gasteiger partial charge in [0.05, 0.1) is 6.54 Å². The number of rotatable bonds is 4. The molecule has 4 bridgehead atoms. The number of carbonyl (C=O) groups excluding carboxylic acids is 3. The highest BCUT2D eigenvalue weighted by Gasteiger charge is 2.56. The molecule has 0 spiro atoms. The van der Waals surface area contributed by atoms with Crippen molar-refractivity contribution in [2.75, 3.05) is 6.54 Å². The number of nitrogens with zero attached hydrogens (tertiary/aromatic N) is 1. The van der Waals surface area contributed by atoms with Gasteiger partial charge >= 0.3 is 6.03 Å². The lowest BCUT2D eigenvalue weighted by molar-refractivity contribution is -0.147. The average molecular weight is 419 g/mol. The Bertz CT molecular complexity index is 897. The molecule has 1 N–H and O–H groups in total. The molecule has 1 unspecified atom stereocenters. The summed E-state index contributed by atoms with van der Waals surface area (Å²) in [6, 6.07) is 3.12. The first kappa shape index (κ1) is 19.0. The minimum absolute atomic E-state index is 0.00885. The van der Waals surface area contributed by atoms with E-state index in [1.165, 1.54) is 31.4 Å². The molecule has 5 nitrogen and oxygen atoms in total. The van der Waals surface area contributed by atoms with E-state index in [2.05, 4.69) is 5.32 Å². The van der Waals surface area contributed by atoms with E-state index < -0.39 is 23.3 Å². The lowest BCUT2D eigenvalue weighted by atomic mass is 9.48. The summed E-state index contributed by atoms with van der Waals surface area (Å²) in [6.07, 6.45) is 6.33. The van der Waals surface area contributed by atoms with Gasteiger partial charge in [-0.1, -0.05) is 17.7 Å². The molecule has 1 aromatic carbocycles. The van der Waals surface area contributed by atoms with Gasteiger partial charge in [-0.25, -0.2) is 9.18 Å². The number of ketones is 1. The maximum atomic E-state index is 13.4. The van der Waals surface area contributed by atoms with Gasteiger partial charge < -0.3 is 5.32 Å². The van der Waals surface area contributed by atoms with Crippen LogP contribution in [0.15, 0.2) is 18.2 Å². The number of urea groups is 1. The second-order valence-corrected chi connectivity index (χ2v) is 10.1. The zero-order valence-electron chi connectivity index (χ0n) is 16.3. The fraction of sp³-hybridized carbons (Fsp3) is 0.591. The third-order valence-electron chi connectivity index (χ3n) is 7.68. The smallest absolute Gasteiger partial charge is 0.319 e. The topological polar surface area (TPSA) is 66.5 Å². The maximum absolute atomic E-state index is 13.4. The van der Waals surface area contributed by atoms with Crippen LogP contribution in [0.25, 0.3) is 0 Å². The van der Waals surface area contributed by atoms with E-state index in [4.69, 9.17) is 11.6 Å². The van der Waals surface area contributed by atoms with Crippen LogP contribution in [-0.2, 0) is 15.1 Å². The molecule has 1 aliphatic heterocycles. The maximum Gasteiger partial charge on any atom is 0.325 e. The van der Waals surface area contributed by atoms with Crippen LogP contribution in [0.5, 0.6) is 0 Å². The summed E-state index contributed by atoms with van der Waals surface area (Å²) in [5.74, 6) is 0.793. The number of halogens is 2. The molecule has 4 aliphatic carbocycles. The van der Waals surface area contributed by atoms with E-state index in [-0.39, 0.29) is 22.8 Å². The summed E-state index contributed by atoms with van der Waals surface area (Å²) in [4.78, 5) is 40.2. The van der Waals surface area contributed by atoms with Crippen molar-refractivity contribution >= 4 is 29.3 Å². The second-order valence-electron chi connectivity index (χ2n) is 9.69. The summed E-state index contributed by atoms with van der Waals surface area (Å²) in [6.45, 7) is 1.34. The molecule has 3 amide bonds. The van der Waals surface area contributed by atoms with E-state index in [0.717, 1.165) is 30.2 Å². The molecule has 29 heavy (non-hydrogen) atoms. The minimum atomic E-state index is -1.41. The van der Waals surface area contributed by atoms with Crippen molar-refractivity contribution in [3.8, 4) is 0 Å². The predicted octanol–water partition coefficient (Wildman–Crippen LogP) is 4.03. The van der Waals surface area contributed by atoms with E-state index in [9.17, 15) is 18.8 Å². The summed E-state index contributed by atoms with van der Waals surface area (Å²) in [5, 5.41) is 2.73. The molecule has 5 aliphatic rings. The SMILES string of the molecule is CC1(c2ccc(F)cc2Cl)NC(=O)N(CC(=O)C23CC4CC(CC(C4)C2)C3)C1=O. The fourth-order valence-corrected chi connectivity index (χ4v) is 7.04. The molecule has 5 fully saturated rings. The molecule has 1 atom stereocenters. The zero-order chi connectivity index (χ0) is 20.6. The minimum Gasteiger partial charge on any atom is -0.319 e. The molecule has 154 valence electrons.